The molecule has 0 aliphatic heterocycles. The summed E-state index contributed by atoms with van der Waals surface area (Å²) in [5.41, 5.74) is 0. The first-order chi connectivity index (χ1) is 11.5. The van der Waals surface area contributed by atoms with Crippen LogP contribution in [0.4, 0.5) is 0 Å². The molecular weight excluding hydrogens is 354 g/mol. The molecular formula is C14H16ClN5O3S. The second kappa shape index (κ2) is 6.88. The molecule has 3 rings (SSSR count). The second-order valence-corrected chi connectivity index (χ2v) is 7.67. The van der Waals surface area contributed by atoms with Gasteiger partial charge in [-0.25, -0.2) is 18.1 Å². The van der Waals surface area contributed by atoms with Crippen LogP contribution in [0, 0.1) is 5.92 Å². The summed E-state index contributed by atoms with van der Waals surface area (Å²) < 4.78 is 26.6. The van der Waals surface area contributed by atoms with Crippen LogP contribution in [0.1, 0.15) is 18.2 Å². The summed E-state index contributed by atoms with van der Waals surface area (Å²) >= 11 is 5.79. The summed E-state index contributed by atoms with van der Waals surface area (Å²) in [4.78, 5) is 16.1. The first-order valence-corrected chi connectivity index (χ1v) is 9.22. The lowest BCUT2D eigenvalue weighted by Gasteiger charge is -2.08. The van der Waals surface area contributed by atoms with E-state index in [1.165, 1.54) is 18.5 Å². The lowest BCUT2D eigenvalue weighted by Crippen LogP contribution is -2.35. The highest BCUT2D eigenvalue weighted by molar-refractivity contribution is 7.89. The average molecular weight is 370 g/mol. The molecule has 1 aromatic heterocycles. The van der Waals surface area contributed by atoms with Crippen LogP contribution in [0.2, 0.25) is 5.02 Å². The number of hydrogen-bond acceptors (Lipinski definition) is 5. The number of aromatic nitrogens is 3. The van der Waals surface area contributed by atoms with E-state index in [-0.39, 0.29) is 35.7 Å². The van der Waals surface area contributed by atoms with Crippen LogP contribution < -0.4 is 10.0 Å². The van der Waals surface area contributed by atoms with Crippen LogP contribution in [0.25, 0.3) is 0 Å². The second-order valence-electron chi connectivity index (χ2n) is 5.47. The normalized spacial score (nSPS) is 19.9. The summed E-state index contributed by atoms with van der Waals surface area (Å²) in [7, 11) is -3.64. The number of nitrogens with zero attached hydrogens (tertiary/aromatic N) is 2. The molecule has 0 unspecified atom stereocenters. The summed E-state index contributed by atoms with van der Waals surface area (Å²) in [6.07, 6.45) is 2.13. The quantitative estimate of drug-likeness (QED) is 0.620. The number of carbonyl (C=O) groups excluding carboxylic acids is 1. The maximum Gasteiger partial charge on any atom is 0.240 e. The molecule has 2 aromatic rings. The molecule has 0 saturated heterocycles. The zero-order valence-corrected chi connectivity index (χ0v) is 14.1. The number of H-pyrrole nitrogens is 1. The van der Waals surface area contributed by atoms with Gasteiger partial charge in [0.05, 0.1) is 4.90 Å². The third-order valence-electron chi connectivity index (χ3n) is 3.73. The van der Waals surface area contributed by atoms with Crippen molar-refractivity contribution in [3.05, 3.63) is 41.4 Å². The Morgan fingerprint density at radius 3 is 2.92 bits per heavy atom. The Balaban J connectivity index is 1.43. The smallest absolute Gasteiger partial charge is 0.240 e. The average Bonchev–Trinajstić information content (AvgIpc) is 3.17. The standard InChI is InChI=1S/C14H16ClN5O3S/c15-9-2-1-3-10(6-9)24(22,23)19-5-4-16-14(21)12-7-11(12)13-17-8-18-20-13/h1-3,6,8,11-12,19H,4-5,7H2,(H,16,21)(H,17,18,20)/t11-,12-/m0/s1. The fourth-order valence-corrected chi connectivity index (χ4v) is 3.73. The maximum absolute atomic E-state index is 12.1. The van der Waals surface area contributed by atoms with Crippen LogP contribution in [0.5, 0.6) is 0 Å². The van der Waals surface area contributed by atoms with E-state index in [2.05, 4.69) is 25.2 Å². The van der Waals surface area contributed by atoms with Gasteiger partial charge in [-0.1, -0.05) is 17.7 Å². The van der Waals surface area contributed by atoms with Gasteiger partial charge in [-0.2, -0.15) is 5.10 Å². The van der Waals surface area contributed by atoms with Gasteiger partial charge in [-0.15, -0.1) is 0 Å². The van der Waals surface area contributed by atoms with E-state index < -0.39 is 10.0 Å². The van der Waals surface area contributed by atoms with Crippen molar-refractivity contribution in [2.45, 2.75) is 17.2 Å². The van der Waals surface area contributed by atoms with E-state index in [4.69, 9.17) is 11.6 Å². The molecule has 24 heavy (non-hydrogen) atoms. The zero-order valence-electron chi connectivity index (χ0n) is 12.6. The molecule has 1 aromatic carbocycles. The van der Waals surface area contributed by atoms with E-state index in [9.17, 15) is 13.2 Å². The summed E-state index contributed by atoms with van der Waals surface area (Å²) in [5.74, 6) is 0.522. The van der Waals surface area contributed by atoms with E-state index in [0.717, 1.165) is 6.42 Å². The van der Waals surface area contributed by atoms with Gasteiger partial charge < -0.3 is 5.32 Å². The number of carbonyl (C=O) groups is 1. The first kappa shape index (κ1) is 16.9. The SMILES string of the molecule is O=C(NCCNS(=O)(=O)c1cccc(Cl)c1)[C@H]1C[C@@H]1c1ncn[nH]1. The Bertz CT molecular complexity index is 825. The molecule has 0 spiro atoms. The Kier molecular flexibility index (Phi) is 4.83. The number of nitrogens with one attached hydrogen (secondary N) is 3. The largest absolute Gasteiger partial charge is 0.355 e. The van der Waals surface area contributed by atoms with Gasteiger partial charge in [0, 0.05) is 29.9 Å². The fraction of sp³-hybridized carbons (Fsp3) is 0.357. The van der Waals surface area contributed by atoms with Crippen LogP contribution in [-0.2, 0) is 14.8 Å². The van der Waals surface area contributed by atoms with E-state index >= 15 is 0 Å². The molecule has 1 aliphatic carbocycles. The summed E-state index contributed by atoms with van der Waals surface area (Å²) in [6.45, 7) is 0.304. The molecule has 3 N–H and O–H groups in total. The van der Waals surface area contributed by atoms with Gasteiger partial charge >= 0.3 is 0 Å². The minimum absolute atomic E-state index is 0.0654. The highest BCUT2D eigenvalue weighted by atomic mass is 35.5. The van der Waals surface area contributed by atoms with Crippen LogP contribution in [0.3, 0.4) is 0 Å². The molecule has 10 heteroatoms. The van der Waals surface area contributed by atoms with Gasteiger partial charge in [0.25, 0.3) is 0 Å². The van der Waals surface area contributed by atoms with Crippen LogP contribution >= 0.6 is 11.6 Å². The van der Waals surface area contributed by atoms with Gasteiger partial charge in [-0.3, -0.25) is 9.89 Å². The molecule has 2 atom stereocenters. The highest BCUT2D eigenvalue weighted by Gasteiger charge is 2.45. The Morgan fingerprint density at radius 1 is 1.38 bits per heavy atom. The van der Waals surface area contributed by atoms with Gasteiger partial charge in [0.1, 0.15) is 12.2 Å². The first-order valence-electron chi connectivity index (χ1n) is 7.35. The molecule has 1 fully saturated rings. The Labute approximate surface area is 144 Å². The van der Waals surface area contributed by atoms with E-state index in [1.54, 1.807) is 12.1 Å². The molecule has 128 valence electrons. The third kappa shape index (κ3) is 3.92. The van der Waals surface area contributed by atoms with Gasteiger partial charge in [0.15, 0.2) is 0 Å². The Morgan fingerprint density at radius 2 is 2.21 bits per heavy atom. The number of benzene rings is 1. The Hall–Kier alpha value is -1.97. The van der Waals surface area contributed by atoms with Crippen LogP contribution in [0.15, 0.2) is 35.5 Å². The number of aromatic amines is 1. The number of amides is 1. The van der Waals surface area contributed by atoms with Crippen molar-refractivity contribution < 1.29 is 13.2 Å². The fourth-order valence-electron chi connectivity index (χ4n) is 2.40. The number of sulfonamides is 1. The van der Waals surface area contributed by atoms with Crippen molar-refractivity contribution in [2.24, 2.45) is 5.92 Å². The molecule has 1 aliphatic rings. The van der Waals surface area contributed by atoms with E-state index in [0.29, 0.717) is 10.8 Å². The van der Waals surface area contributed by atoms with Crippen molar-refractivity contribution in [1.29, 1.82) is 0 Å². The minimum Gasteiger partial charge on any atom is -0.355 e. The lowest BCUT2D eigenvalue weighted by molar-refractivity contribution is -0.122. The maximum atomic E-state index is 12.1. The van der Waals surface area contributed by atoms with Gasteiger partial charge in [0.2, 0.25) is 15.9 Å². The molecule has 1 amide bonds. The minimum atomic E-state index is -3.64. The highest BCUT2D eigenvalue weighted by Crippen LogP contribution is 2.45. The summed E-state index contributed by atoms with van der Waals surface area (Å²) in [5, 5.41) is 9.57. The van der Waals surface area contributed by atoms with Crippen molar-refractivity contribution in [2.75, 3.05) is 13.1 Å². The van der Waals surface area contributed by atoms with E-state index in [1.807, 2.05) is 0 Å². The van der Waals surface area contributed by atoms with Crippen molar-refractivity contribution >= 4 is 27.5 Å². The predicted molar refractivity (Wildman–Crippen MR) is 86.9 cm³/mol. The zero-order chi connectivity index (χ0) is 17.2. The van der Waals surface area contributed by atoms with Crippen molar-refractivity contribution in [3.63, 3.8) is 0 Å². The molecule has 1 saturated carbocycles. The molecule has 8 nitrogen and oxygen atoms in total. The lowest BCUT2D eigenvalue weighted by atomic mass is 10.3. The third-order valence-corrected chi connectivity index (χ3v) is 5.43. The number of hydrogen-bond donors (Lipinski definition) is 3. The monoisotopic (exact) mass is 369 g/mol. The topological polar surface area (TPSA) is 117 Å². The summed E-state index contributed by atoms with van der Waals surface area (Å²) in [6, 6.07) is 5.99. The van der Waals surface area contributed by atoms with Gasteiger partial charge in [-0.05, 0) is 24.6 Å². The van der Waals surface area contributed by atoms with Crippen molar-refractivity contribution in [1.82, 2.24) is 25.2 Å². The molecule has 0 bridgehead atoms. The molecule has 1 heterocycles. The number of halogens is 1. The van der Waals surface area contributed by atoms with Crippen LogP contribution in [-0.4, -0.2) is 42.6 Å². The molecule has 0 radical (unpaired) electrons. The van der Waals surface area contributed by atoms with Crippen molar-refractivity contribution in [3.8, 4) is 0 Å². The predicted octanol–water partition coefficient (Wildman–Crippen LogP) is 0.656. The number of rotatable bonds is 7.